The topological polar surface area (TPSA) is 52.6 Å². The van der Waals surface area contributed by atoms with Gasteiger partial charge in [0, 0.05) is 12.4 Å². The lowest BCUT2D eigenvalue weighted by Crippen LogP contribution is -2.17. The molecule has 1 aromatic rings. The Labute approximate surface area is 95.0 Å². The van der Waals surface area contributed by atoms with Crippen LogP contribution in [0, 0.1) is 0 Å². The quantitative estimate of drug-likeness (QED) is 0.583. The van der Waals surface area contributed by atoms with E-state index in [0.717, 1.165) is 0 Å². The van der Waals surface area contributed by atoms with Crippen molar-refractivity contribution in [1.82, 2.24) is 0 Å². The molecule has 0 heterocycles. The van der Waals surface area contributed by atoms with Gasteiger partial charge in [-0.25, -0.2) is 0 Å². The van der Waals surface area contributed by atoms with Crippen molar-refractivity contribution in [2.75, 3.05) is 19.9 Å². The highest BCUT2D eigenvalue weighted by atomic mass is 31.2. The summed E-state index contributed by atoms with van der Waals surface area (Å²) < 4.78 is 22.1. The third-order valence-electron chi connectivity index (χ3n) is 2.09. The van der Waals surface area contributed by atoms with Gasteiger partial charge in [0.2, 0.25) is 7.37 Å². The SMILES string of the molecule is CCOC(=O)C[P@@](=O)(OC)c1ccccc1. The van der Waals surface area contributed by atoms with E-state index in [0.29, 0.717) is 5.30 Å². The first kappa shape index (κ1) is 12.9. The third-order valence-corrected chi connectivity index (χ3v) is 4.44. The Morgan fingerprint density at radius 1 is 1.31 bits per heavy atom. The van der Waals surface area contributed by atoms with Crippen LogP contribution >= 0.6 is 7.37 Å². The normalized spacial score (nSPS) is 14.1. The molecule has 0 aliphatic carbocycles. The van der Waals surface area contributed by atoms with Crippen molar-refractivity contribution in [3.05, 3.63) is 30.3 Å². The maximum Gasteiger partial charge on any atom is 0.315 e. The van der Waals surface area contributed by atoms with Crippen LogP contribution < -0.4 is 5.30 Å². The van der Waals surface area contributed by atoms with Crippen LogP contribution in [-0.2, 0) is 18.6 Å². The first-order chi connectivity index (χ1) is 7.62. The maximum atomic E-state index is 12.3. The van der Waals surface area contributed by atoms with Crippen molar-refractivity contribution in [2.24, 2.45) is 0 Å². The molecule has 0 aromatic heterocycles. The Kier molecular flexibility index (Phi) is 4.71. The van der Waals surface area contributed by atoms with E-state index < -0.39 is 13.3 Å². The molecule has 0 radical (unpaired) electrons. The molecule has 5 heteroatoms. The molecule has 0 amide bonds. The van der Waals surface area contributed by atoms with Crippen LogP contribution in [0.1, 0.15) is 6.92 Å². The van der Waals surface area contributed by atoms with Crippen molar-refractivity contribution in [3.8, 4) is 0 Å². The average Bonchev–Trinajstić information content (AvgIpc) is 2.30. The molecule has 16 heavy (non-hydrogen) atoms. The number of benzene rings is 1. The summed E-state index contributed by atoms with van der Waals surface area (Å²) in [6.45, 7) is 1.98. The number of hydrogen-bond acceptors (Lipinski definition) is 4. The minimum Gasteiger partial charge on any atom is -0.466 e. The van der Waals surface area contributed by atoms with Gasteiger partial charge in [0.15, 0.2) is 0 Å². The smallest absolute Gasteiger partial charge is 0.315 e. The van der Waals surface area contributed by atoms with E-state index in [-0.39, 0.29) is 12.8 Å². The third kappa shape index (κ3) is 3.19. The van der Waals surface area contributed by atoms with Crippen molar-refractivity contribution in [3.63, 3.8) is 0 Å². The van der Waals surface area contributed by atoms with Crippen molar-refractivity contribution < 1.29 is 18.6 Å². The molecular weight excluding hydrogens is 227 g/mol. The fourth-order valence-corrected chi connectivity index (χ4v) is 2.87. The number of hydrogen-bond donors (Lipinski definition) is 0. The molecule has 0 fully saturated rings. The highest BCUT2D eigenvalue weighted by Crippen LogP contribution is 2.44. The summed E-state index contributed by atoms with van der Waals surface area (Å²) in [4.78, 5) is 11.3. The fourth-order valence-electron chi connectivity index (χ4n) is 1.29. The number of rotatable bonds is 5. The lowest BCUT2D eigenvalue weighted by atomic mass is 10.4. The van der Waals surface area contributed by atoms with E-state index in [1.54, 1.807) is 31.2 Å². The second-order valence-electron chi connectivity index (χ2n) is 3.15. The summed E-state index contributed by atoms with van der Waals surface area (Å²) in [5, 5.41) is 0.533. The standard InChI is InChI=1S/C11H15O4P/c1-3-15-11(12)9-16(13,14-2)10-7-5-4-6-8-10/h4-8H,3,9H2,1-2H3/t16-/m1/s1. The molecular formula is C11H15O4P. The molecule has 1 aromatic carbocycles. The summed E-state index contributed by atoms with van der Waals surface area (Å²) in [6.07, 6.45) is -0.221. The van der Waals surface area contributed by atoms with E-state index >= 15 is 0 Å². The lowest BCUT2D eigenvalue weighted by molar-refractivity contribution is -0.140. The molecule has 0 saturated carbocycles. The highest BCUT2D eigenvalue weighted by molar-refractivity contribution is 7.67. The molecule has 0 bridgehead atoms. The molecule has 88 valence electrons. The molecule has 0 N–H and O–H groups in total. The van der Waals surface area contributed by atoms with E-state index in [9.17, 15) is 9.36 Å². The monoisotopic (exact) mass is 242 g/mol. The highest BCUT2D eigenvalue weighted by Gasteiger charge is 2.28. The molecule has 4 nitrogen and oxygen atoms in total. The zero-order valence-electron chi connectivity index (χ0n) is 9.38. The summed E-state index contributed by atoms with van der Waals surface area (Å²) >= 11 is 0. The molecule has 0 spiro atoms. The molecule has 1 rings (SSSR count). The summed E-state index contributed by atoms with van der Waals surface area (Å²) in [5.74, 6) is -0.503. The van der Waals surface area contributed by atoms with Crippen LogP contribution in [0.5, 0.6) is 0 Å². The minimum atomic E-state index is -3.11. The Morgan fingerprint density at radius 3 is 2.44 bits per heavy atom. The molecule has 0 aliphatic heterocycles. The second kappa shape index (κ2) is 5.83. The first-order valence-corrected chi connectivity index (χ1v) is 6.79. The van der Waals surface area contributed by atoms with Gasteiger partial charge in [-0.15, -0.1) is 0 Å². The van der Waals surface area contributed by atoms with Gasteiger partial charge >= 0.3 is 5.97 Å². The van der Waals surface area contributed by atoms with E-state index in [1.807, 2.05) is 6.07 Å². The molecule has 0 unspecified atom stereocenters. The molecule has 0 aliphatic rings. The number of carbonyl (C=O) groups is 1. The minimum absolute atomic E-state index is 0.221. The zero-order chi connectivity index (χ0) is 12.0. The Hall–Kier alpha value is -1.12. The van der Waals surface area contributed by atoms with E-state index in [2.05, 4.69) is 0 Å². The number of carbonyl (C=O) groups excluding carboxylic acids is 1. The second-order valence-corrected chi connectivity index (χ2v) is 5.70. The van der Waals surface area contributed by atoms with E-state index in [4.69, 9.17) is 9.26 Å². The average molecular weight is 242 g/mol. The summed E-state index contributed by atoms with van der Waals surface area (Å²) in [7, 11) is -1.77. The fraction of sp³-hybridized carbons (Fsp3) is 0.364. The van der Waals surface area contributed by atoms with Crippen LogP contribution in [0.25, 0.3) is 0 Å². The Bertz CT molecular complexity index is 388. The van der Waals surface area contributed by atoms with Crippen LogP contribution in [0.2, 0.25) is 0 Å². The summed E-state index contributed by atoms with van der Waals surface area (Å²) in [5.41, 5.74) is 0. The van der Waals surface area contributed by atoms with Gasteiger partial charge in [0.1, 0.15) is 6.16 Å². The lowest BCUT2D eigenvalue weighted by Gasteiger charge is -2.15. The maximum absolute atomic E-state index is 12.3. The van der Waals surface area contributed by atoms with Gasteiger partial charge in [0.25, 0.3) is 0 Å². The van der Waals surface area contributed by atoms with Gasteiger partial charge in [0.05, 0.1) is 6.61 Å². The van der Waals surface area contributed by atoms with Crippen LogP contribution in [0.15, 0.2) is 30.3 Å². The molecule has 0 saturated heterocycles. The van der Waals surface area contributed by atoms with Gasteiger partial charge in [-0.1, -0.05) is 18.2 Å². The van der Waals surface area contributed by atoms with Crippen molar-refractivity contribution in [2.45, 2.75) is 6.92 Å². The van der Waals surface area contributed by atoms with Crippen molar-refractivity contribution in [1.29, 1.82) is 0 Å². The Balaban J connectivity index is 2.87. The van der Waals surface area contributed by atoms with Crippen LogP contribution in [0.4, 0.5) is 0 Å². The van der Waals surface area contributed by atoms with Crippen LogP contribution in [-0.4, -0.2) is 25.8 Å². The predicted octanol–water partition coefficient (Wildman–Crippen LogP) is 1.80. The zero-order valence-corrected chi connectivity index (χ0v) is 10.3. The molecule has 1 atom stereocenters. The van der Waals surface area contributed by atoms with Crippen molar-refractivity contribution >= 4 is 18.6 Å². The first-order valence-electron chi connectivity index (χ1n) is 4.98. The predicted molar refractivity (Wildman–Crippen MR) is 62.2 cm³/mol. The van der Waals surface area contributed by atoms with Gasteiger partial charge in [-0.3, -0.25) is 9.36 Å². The van der Waals surface area contributed by atoms with Gasteiger partial charge in [-0.2, -0.15) is 0 Å². The van der Waals surface area contributed by atoms with E-state index in [1.165, 1.54) is 7.11 Å². The number of esters is 1. The Morgan fingerprint density at radius 2 is 1.94 bits per heavy atom. The van der Waals surface area contributed by atoms with Gasteiger partial charge in [-0.05, 0) is 19.1 Å². The van der Waals surface area contributed by atoms with Crippen LogP contribution in [0.3, 0.4) is 0 Å². The van der Waals surface area contributed by atoms with Gasteiger partial charge < -0.3 is 9.26 Å². The number of ether oxygens (including phenoxy) is 1. The largest absolute Gasteiger partial charge is 0.466 e. The summed E-state index contributed by atoms with van der Waals surface area (Å²) in [6, 6.07) is 8.69.